The van der Waals surface area contributed by atoms with Crippen molar-refractivity contribution in [2.45, 2.75) is 0 Å². The van der Waals surface area contributed by atoms with Gasteiger partial charge < -0.3 is 0 Å². The first-order chi connectivity index (χ1) is 6.92. The van der Waals surface area contributed by atoms with Crippen LogP contribution in [0.15, 0.2) is 42.6 Å². The van der Waals surface area contributed by atoms with Gasteiger partial charge >= 0.3 is 0 Å². The van der Waals surface area contributed by atoms with Crippen molar-refractivity contribution in [3.8, 4) is 0 Å². The minimum Gasteiger partial charge on any atom is -0.158 e. The number of fused-ring (bicyclic) bond motifs is 1. The molecule has 2 rings (SSSR count). The Morgan fingerprint density at radius 3 is 2.93 bits per heavy atom. The van der Waals surface area contributed by atoms with Crippen LogP contribution in [0.5, 0.6) is 0 Å². The molecule has 1 heterocycles. The summed E-state index contributed by atoms with van der Waals surface area (Å²) in [5.74, 6) is 0. The lowest BCUT2D eigenvalue weighted by Gasteiger charge is -1.98. The third-order valence-electron chi connectivity index (χ3n) is 1.96. The van der Waals surface area contributed by atoms with E-state index >= 15 is 0 Å². The van der Waals surface area contributed by atoms with Crippen molar-refractivity contribution in [3.05, 3.63) is 54.8 Å². The second-order valence-corrected chi connectivity index (χ2v) is 2.87. The van der Waals surface area contributed by atoms with Gasteiger partial charge in [-0.2, -0.15) is 10.2 Å². The Hall–Kier alpha value is -1.96. The topological polar surface area (TPSA) is 25.8 Å². The first-order valence-corrected chi connectivity index (χ1v) is 4.34. The number of nitrogens with zero attached hydrogens (tertiary/aromatic N) is 2. The van der Waals surface area contributed by atoms with Gasteiger partial charge in [0.2, 0.25) is 0 Å². The van der Waals surface area contributed by atoms with Crippen LogP contribution in [0, 0.1) is 6.58 Å². The van der Waals surface area contributed by atoms with Gasteiger partial charge in [-0.1, -0.05) is 43.0 Å². The molecule has 0 atom stereocenters. The smallest absolute Gasteiger partial charge is 0.0935 e. The Morgan fingerprint density at radius 2 is 2.07 bits per heavy atom. The summed E-state index contributed by atoms with van der Waals surface area (Å²) in [6.07, 6.45) is 6.91. The standard InChI is InChI=1S/C12H9N2/c1-2-3-6-10-9-13-14-12-8-5-4-7-11(10)12/h1-9H. The zero-order valence-corrected chi connectivity index (χ0v) is 7.59. The molecule has 0 saturated heterocycles. The van der Waals surface area contributed by atoms with Crippen molar-refractivity contribution in [2.75, 3.05) is 0 Å². The molecule has 0 spiro atoms. The van der Waals surface area contributed by atoms with Crippen LogP contribution in [-0.4, -0.2) is 10.2 Å². The molecule has 2 aromatic rings. The minimum absolute atomic E-state index is 0.895. The van der Waals surface area contributed by atoms with E-state index in [1.807, 2.05) is 30.3 Å². The maximum absolute atomic E-state index is 5.27. The van der Waals surface area contributed by atoms with Gasteiger partial charge in [0.25, 0.3) is 0 Å². The summed E-state index contributed by atoms with van der Waals surface area (Å²) < 4.78 is 0. The highest BCUT2D eigenvalue weighted by Gasteiger charge is 1.97. The molecule has 0 saturated carbocycles. The van der Waals surface area contributed by atoms with Crippen LogP contribution in [0.4, 0.5) is 0 Å². The third kappa shape index (κ3) is 1.55. The van der Waals surface area contributed by atoms with Gasteiger partial charge in [-0.25, -0.2) is 0 Å². The molecule has 0 N–H and O–H groups in total. The Morgan fingerprint density at radius 1 is 1.21 bits per heavy atom. The molecule has 1 radical (unpaired) electrons. The van der Waals surface area contributed by atoms with Gasteiger partial charge in [0.05, 0.1) is 11.7 Å². The van der Waals surface area contributed by atoms with Crippen LogP contribution in [0.2, 0.25) is 0 Å². The number of rotatable bonds is 2. The molecule has 0 aliphatic heterocycles. The maximum atomic E-state index is 5.27. The molecular weight excluding hydrogens is 172 g/mol. The molecule has 1 aromatic heterocycles. The highest BCUT2D eigenvalue weighted by atomic mass is 15.1. The lowest BCUT2D eigenvalue weighted by atomic mass is 10.1. The number of allylic oxidation sites excluding steroid dienone is 2. The highest BCUT2D eigenvalue weighted by molar-refractivity contribution is 5.86. The minimum atomic E-state index is 0.895. The summed E-state index contributed by atoms with van der Waals surface area (Å²) in [4.78, 5) is 0. The Bertz CT molecular complexity index is 481. The fraction of sp³-hybridized carbons (Fsp3) is 0. The fourth-order valence-corrected chi connectivity index (χ4v) is 1.32. The van der Waals surface area contributed by atoms with Crippen molar-refractivity contribution in [1.82, 2.24) is 10.2 Å². The molecule has 0 aliphatic rings. The van der Waals surface area contributed by atoms with E-state index in [9.17, 15) is 0 Å². The largest absolute Gasteiger partial charge is 0.158 e. The summed E-state index contributed by atoms with van der Waals surface area (Å²) in [7, 11) is 0. The number of benzene rings is 1. The van der Waals surface area contributed by atoms with E-state index in [0.29, 0.717) is 0 Å². The molecule has 1 aromatic carbocycles. The molecule has 0 fully saturated rings. The van der Waals surface area contributed by atoms with Gasteiger partial charge in [-0.05, 0) is 6.07 Å². The molecule has 2 nitrogen and oxygen atoms in total. The van der Waals surface area contributed by atoms with Crippen LogP contribution >= 0.6 is 0 Å². The van der Waals surface area contributed by atoms with Gasteiger partial charge in [0.1, 0.15) is 0 Å². The Balaban J connectivity index is 2.64. The second-order valence-electron chi connectivity index (χ2n) is 2.87. The predicted molar refractivity (Wildman–Crippen MR) is 57.4 cm³/mol. The SMILES string of the molecule is [CH]=CC=Cc1cnnc2ccccc12. The van der Waals surface area contributed by atoms with Crippen molar-refractivity contribution < 1.29 is 0 Å². The van der Waals surface area contributed by atoms with E-state index in [0.717, 1.165) is 16.5 Å². The molecular formula is C12H9N2. The van der Waals surface area contributed by atoms with Crippen LogP contribution in [0.3, 0.4) is 0 Å². The number of hydrogen-bond acceptors (Lipinski definition) is 2. The zero-order chi connectivity index (χ0) is 9.80. The Kier molecular flexibility index (Phi) is 2.36. The molecule has 0 amide bonds. The molecule has 67 valence electrons. The predicted octanol–water partition coefficient (Wildman–Crippen LogP) is 2.63. The highest BCUT2D eigenvalue weighted by Crippen LogP contribution is 2.15. The van der Waals surface area contributed by atoms with Crippen molar-refractivity contribution in [1.29, 1.82) is 0 Å². The summed E-state index contributed by atoms with van der Waals surface area (Å²) in [6, 6.07) is 7.87. The summed E-state index contributed by atoms with van der Waals surface area (Å²) >= 11 is 0. The average molecular weight is 181 g/mol. The van der Waals surface area contributed by atoms with Crippen LogP contribution < -0.4 is 0 Å². The summed E-state index contributed by atoms with van der Waals surface area (Å²) in [5.41, 5.74) is 1.92. The van der Waals surface area contributed by atoms with Crippen LogP contribution in [0.1, 0.15) is 5.56 Å². The molecule has 0 bridgehead atoms. The molecule has 0 unspecified atom stereocenters. The van der Waals surface area contributed by atoms with Gasteiger partial charge in [0.15, 0.2) is 0 Å². The number of aromatic nitrogens is 2. The van der Waals surface area contributed by atoms with Crippen LogP contribution in [-0.2, 0) is 0 Å². The summed E-state index contributed by atoms with van der Waals surface area (Å²) in [6.45, 7) is 5.27. The second kappa shape index (κ2) is 3.83. The first kappa shape index (κ1) is 8.63. The molecule has 2 heteroatoms. The summed E-state index contributed by atoms with van der Waals surface area (Å²) in [5, 5.41) is 9.02. The van der Waals surface area contributed by atoms with Crippen molar-refractivity contribution in [2.24, 2.45) is 0 Å². The normalized spacial score (nSPS) is 10.9. The number of hydrogen-bond donors (Lipinski definition) is 0. The lowest BCUT2D eigenvalue weighted by molar-refractivity contribution is 1.07. The maximum Gasteiger partial charge on any atom is 0.0935 e. The van der Waals surface area contributed by atoms with Gasteiger partial charge in [0, 0.05) is 10.9 Å². The van der Waals surface area contributed by atoms with E-state index in [1.54, 1.807) is 12.3 Å². The quantitative estimate of drug-likeness (QED) is 0.665. The third-order valence-corrected chi connectivity index (χ3v) is 1.96. The monoisotopic (exact) mass is 181 g/mol. The zero-order valence-electron chi connectivity index (χ0n) is 7.59. The Labute approximate surface area is 82.6 Å². The van der Waals surface area contributed by atoms with Crippen molar-refractivity contribution in [3.63, 3.8) is 0 Å². The van der Waals surface area contributed by atoms with Crippen LogP contribution in [0.25, 0.3) is 17.0 Å². The van der Waals surface area contributed by atoms with E-state index in [2.05, 4.69) is 10.2 Å². The molecule has 14 heavy (non-hydrogen) atoms. The van der Waals surface area contributed by atoms with E-state index in [4.69, 9.17) is 6.58 Å². The van der Waals surface area contributed by atoms with Crippen molar-refractivity contribution >= 4 is 17.0 Å². The van der Waals surface area contributed by atoms with E-state index in [-0.39, 0.29) is 0 Å². The van der Waals surface area contributed by atoms with Gasteiger partial charge in [-0.3, -0.25) is 0 Å². The lowest BCUT2D eigenvalue weighted by Crippen LogP contribution is -1.85. The van der Waals surface area contributed by atoms with Gasteiger partial charge in [-0.15, -0.1) is 0 Å². The average Bonchev–Trinajstić information content (AvgIpc) is 2.26. The molecule has 0 aliphatic carbocycles. The van der Waals surface area contributed by atoms with E-state index < -0.39 is 0 Å². The van der Waals surface area contributed by atoms with E-state index in [1.165, 1.54) is 6.08 Å². The fourth-order valence-electron chi connectivity index (χ4n) is 1.32. The first-order valence-electron chi connectivity index (χ1n) is 4.34.